The second-order valence-electron chi connectivity index (χ2n) is 6.48. The molecular weight excluding hydrogens is 362 g/mol. The molecule has 144 valence electrons. The molecule has 0 spiro atoms. The van der Waals surface area contributed by atoms with Crippen molar-refractivity contribution in [3.63, 3.8) is 0 Å². The van der Waals surface area contributed by atoms with Gasteiger partial charge in [0.15, 0.2) is 0 Å². The summed E-state index contributed by atoms with van der Waals surface area (Å²) in [7, 11) is 0. The molecule has 0 aliphatic carbocycles. The number of anilines is 1. The number of carbonyl (C=O) groups is 2. The normalized spacial score (nSPS) is 15.4. The maximum absolute atomic E-state index is 12.3. The highest BCUT2D eigenvalue weighted by Gasteiger charge is 2.19. The minimum Gasteiger partial charge on any atom is -0.462 e. The number of carbonyl (C=O) groups excluding carboxylic acids is 2. The van der Waals surface area contributed by atoms with E-state index in [4.69, 9.17) is 4.74 Å². The Morgan fingerprint density at radius 1 is 1.07 bits per heavy atom. The van der Waals surface area contributed by atoms with Gasteiger partial charge in [-0.15, -0.1) is 11.3 Å². The highest BCUT2D eigenvalue weighted by Crippen LogP contribution is 2.14. The largest absolute Gasteiger partial charge is 0.462 e. The first kappa shape index (κ1) is 19.5. The van der Waals surface area contributed by atoms with E-state index in [1.54, 1.807) is 42.5 Å². The fourth-order valence-corrected chi connectivity index (χ4v) is 3.78. The Labute approximate surface area is 163 Å². The molecule has 1 aliphatic heterocycles. The third kappa shape index (κ3) is 5.89. The van der Waals surface area contributed by atoms with Gasteiger partial charge in [-0.2, -0.15) is 0 Å². The molecule has 1 fully saturated rings. The second kappa shape index (κ2) is 9.64. The number of benzene rings is 1. The molecule has 1 aromatic carbocycles. The van der Waals surface area contributed by atoms with Crippen molar-refractivity contribution in [2.75, 3.05) is 44.6 Å². The molecule has 0 bridgehead atoms. The average molecular weight is 388 g/mol. The van der Waals surface area contributed by atoms with Crippen LogP contribution in [0.3, 0.4) is 0 Å². The van der Waals surface area contributed by atoms with E-state index in [-0.39, 0.29) is 11.9 Å². The molecule has 0 atom stereocenters. The van der Waals surface area contributed by atoms with E-state index >= 15 is 0 Å². The minimum atomic E-state index is -0.351. The highest BCUT2D eigenvalue weighted by atomic mass is 32.1. The summed E-state index contributed by atoms with van der Waals surface area (Å²) in [6.07, 6.45) is 0. The van der Waals surface area contributed by atoms with Crippen LogP contribution < -0.4 is 5.32 Å². The Hall–Kier alpha value is -2.22. The Morgan fingerprint density at radius 3 is 2.41 bits per heavy atom. The van der Waals surface area contributed by atoms with Gasteiger partial charge in [0.2, 0.25) is 5.91 Å². The topological polar surface area (TPSA) is 61.9 Å². The molecule has 1 N–H and O–H groups in total. The van der Waals surface area contributed by atoms with Gasteiger partial charge in [-0.1, -0.05) is 6.07 Å². The van der Waals surface area contributed by atoms with E-state index in [1.165, 1.54) is 4.88 Å². The van der Waals surface area contributed by atoms with Crippen LogP contribution in [0.5, 0.6) is 0 Å². The van der Waals surface area contributed by atoms with Crippen LogP contribution in [0, 0.1) is 0 Å². The van der Waals surface area contributed by atoms with Crippen LogP contribution in [0.2, 0.25) is 0 Å². The molecule has 1 aromatic heterocycles. The summed E-state index contributed by atoms with van der Waals surface area (Å²) < 4.78 is 4.95. The zero-order valence-electron chi connectivity index (χ0n) is 15.5. The van der Waals surface area contributed by atoms with E-state index in [0.717, 1.165) is 32.7 Å². The number of nitrogens with one attached hydrogen (secondary N) is 1. The van der Waals surface area contributed by atoms with Gasteiger partial charge in [0.25, 0.3) is 0 Å². The fraction of sp³-hybridized carbons (Fsp3) is 0.400. The Balaban J connectivity index is 1.41. The van der Waals surface area contributed by atoms with Crippen LogP contribution in [-0.4, -0.2) is 61.0 Å². The number of hydrogen-bond donors (Lipinski definition) is 1. The van der Waals surface area contributed by atoms with Gasteiger partial charge in [0, 0.05) is 43.3 Å². The number of thiophene rings is 1. The maximum atomic E-state index is 12.3. The number of amides is 1. The molecule has 1 saturated heterocycles. The SMILES string of the molecule is CCOC(=O)c1ccc(NC(=O)CN2CCN(Cc3cccs3)CC2)cc1. The molecule has 6 nitrogen and oxygen atoms in total. The molecule has 1 aliphatic rings. The molecule has 0 unspecified atom stereocenters. The summed E-state index contributed by atoms with van der Waals surface area (Å²) in [5, 5.41) is 5.00. The van der Waals surface area contributed by atoms with E-state index < -0.39 is 0 Å². The van der Waals surface area contributed by atoms with Gasteiger partial charge >= 0.3 is 5.97 Å². The number of piperazine rings is 1. The van der Waals surface area contributed by atoms with Crippen molar-refractivity contribution < 1.29 is 14.3 Å². The smallest absolute Gasteiger partial charge is 0.338 e. The molecule has 0 radical (unpaired) electrons. The van der Waals surface area contributed by atoms with Gasteiger partial charge in [-0.05, 0) is 42.6 Å². The predicted molar refractivity (Wildman–Crippen MR) is 107 cm³/mol. The monoisotopic (exact) mass is 387 g/mol. The maximum Gasteiger partial charge on any atom is 0.338 e. The van der Waals surface area contributed by atoms with Gasteiger partial charge < -0.3 is 10.1 Å². The number of esters is 1. The van der Waals surface area contributed by atoms with Crippen molar-refractivity contribution in [3.05, 3.63) is 52.2 Å². The predicted octanol–water partition coefficient (Wildman–Crippen LogP) is 2.68. The number of ether oxygens (including phenoxy) is 1. The summed E-state index contributed by atoms with van der Waals surface area (Å²) in [6.45, 7) is 7.21. The molecule has 2 aromatic rings. The van der Waals surface area contributed by atoms with Gasteiger partial charge in [0.1, 0.15) is 0 Å². The van der Waals surface area contributed by atoms with Crippen molar-refractivity contribution in [2.24, 2.45) is 0 Å². The molecule has 3 rings (SSSR count). The molecule has 27 heavy (non-hydrogen) atoms. The van der Waals surface area contributed by atoms with Gasteiger partial charge in [0.05, 0.1) is 18.7 Å². The van der Waals surface area contributed by atoms with E-state index in [1.807, 2.05) is 0 Å². The second-order valence-corrected chi connectivity index (χ2v) is 7.51. The number of hydrogen-bond acceptors (Lipinski definition) is 6. The Bertz CT molecular complexity index is 738. The highest BCUT2D eigenvalue weighted by molar-refractivity contribution is 7.09. The van der Waals surface area contributed by atoms with Crippen molar-refractivity contribution >= 4 is 28.9 Å². The van der Waals surface area contributed by atoms with Crippen LogP contribution in [0.1, 0.15) is 22.2 Å². The molecular formula is C20H25N3O3S. The van der Waals surface area contributed by atoms with Crippen LogP contribution in [0.4, 0.5) is 5.69 Å². The molecule has 0 saturated carbocycles. The zero-order chi connectivity index (χ0) is 19.1. The lowest BCUT2D eigenvalue weighted by atomic mass is 10.2. The lowest BCUT2D eigenvalue weighted by Gasteiger charge is -2.34. The van der Waals surface area contributed by atoms with Crippen LogP contribution >= 0.6 is 11.3 Å². The standard InChI is InChI=1S/C20H25N3O3S/c1-2-26-20(25)16-5-7-17(8-6-16)21-19(24)15-23-11-9-22(10-12-23)14-18-4-3-13-27-18/h3-8,13H,2,9-12,14-15H2,1H3,(H,21,24). The van der Waals surface area contributed by atoms with Crippen LogP contribution in [0.25, 0.3) is 0 Å². The van der Waals surface area contributed by atoms with E-state index in [2.05, 4.69) is 32.6 Å². The lowest BCUT2D eigenvalue weighted by molar-refractivity contribution is -0.117. The third-order valence-corrected chi connectivity index (χ3v) is 5.33. The van der Waals surface area contributed by atoms with E-state index in [9.17, 15) is 9.59 Å². The van der Waals surface area contributed by atoms with Crippen molar-refractivity contribution in [1.82, 2.24) is 9.80 Å². The first-order valence-electron chi connectivity index (χ1n) is 9.18. The summed E-state index contributed by atoms with van der Waals surface area (Å²) in [6, 6.07) is 11.0. The zero-order valence-corrected chi connectivity index (χ0v) is 16.3. The number of rotatable bonds is 7. The minimum absolute atomic E-state index is 0.0365. The lowest BCUT2D eigenvalue weighted by Crippen LogP contribution is -2.48. The van der Waals surface area contributed by atoms with Crippen molar-refractivity contribution in [1.29, 1.82) is 0 Å². The van der Waals surface area contributed by atoms with Crippen molar-refractivity contribution in [2.45, 2.75) is 13.5 Å². The van der Waals surface area contributed by atoms with Gasteiger partial charge in [-0.3, -0.25) is 14.6 Å². The van der Waals surface area contributed by atoms with Gasteiger partial charge in [-0.25, -0.2) is 4.79 Å². The number of nitrogens with zero attached hydrogens (tertiary/aromatic N) is 2. The van der Waals surface area contributed by atoms with Crippen LogP contribution in [-0.2, 0) is 16.1 Å². The average Bonchev–Trinajstić information content (AvgIpc) is 3.17. The van der Waals surface area contributed by atoms with Crippen LogP contribution in [0.15, 0.2) is 41.8 Å². The molecule has 1 amide bonds. The fourth-order valence-electron chi connectivity index (χ4n) is 3.04. The Morgan fingerprint density at radius 2 is 1.78 bits per heavy atom. The summed E-state index contributed by atoms with van der Waals surface area (Å²) >= 11 is 1.79. The first-order valence-corrected chi connectivity index (χ1v) is 10.1. The summed E-state index contributed by atoms with van der Waals surface area (Å²) in [5.74, 6) is -0.388. The quantitative estimate of drug-likeness (QED) is 0.740. The first-order chi connectivity index (χ1) is 13.1. The third-order valence-electron chi connectivity index (χ3n) is 4.47. The van der Waals surface area contributed by atoms with Crippen molar-refractivity contribution in [3.8, 4) is 0 Å². The molecule has 2 heterocycles. The summed E-state index contributed by atoms with van der Waals surface area (Å²) in [5.41, 5.74) is 1.17. The summed E-state index contributed by atoms with van der Waals surface area (Å²) in [4.78, 5) is 29.9. The molecule has 7 heteroatoms. The van der Waals surface area contributed by atoms with E-state index in [0.29, 0.717) is 24.4 Å². The Kier molecular flexibility index (Phi) is 6.98.